The third-order valence-electron chi connectivity index (χ3n) is 2.22. The van der Waals surface area contributed by atoms with Crippen molar-refractivity contribution in [3.8, 4) is 17.5 Å². The van der Waals surface area contributed by atoms with Gasteiger partial charge in [0.05, 0.1) is 12.8 Å². The van der Waals surface area contributed by atoms with Crippen molar-refractivity contribution < 1.29 is 9.47 Å². The largest absolute Gasteiger partial charge is 0.497 e. The van der Waals surface area contributed by atoms with Crippen molar-refractivity contribution in [2.45, 2.75) is 6.92 Å². The number of rotatable bonds is 3. The van der Waals surface area contributed by atoms with Gasteiger partial charge in [-0.1, -0.05) is 0 Å². The number of nitrogens with zero attached hydrogens (tertiary/aromatic N) is 2. The molecule has 0 radical (unpaired) electrons. The smallest absolute Gasteiger partial charge is 0.301 e. The third-order valence-corrected chi connectivity index (χ3v) is 2.22. The predicted octanol–water partition coefficient (Wildman–Crippen LogP) is 2.53. The van der Waals surface area contributed by atoms with Crippen LogP contribution in [0.3, 0.4) is 0 Å². The Labute approximate surface area is 94.4 Å². The third kappa shape index (κ3) is 2.16. The molecular formula is C12H14N2O2. The van der Waals surface area contributed by atoms with E-state index in [-0.39, 0.29) is 0 Å². The van der Waals surface area contributed by atoms with Crippen LogP contribution in [0.4, 0.5) is 0 Å². The summed E-state index contributed by atoms with van der Waals surface area (Å²) in [4.78, 5) is 4.26. The van der Waals surface area contributed by atoms with Gasteiger partial charge in [-0.3, -0.25) is 0 Å². The summed E-state index contributed by atoms with van der Waals surface area (Å²) in [6.07, 6.45) is 1.92. The summed E-state index contributed by atoms with van der Waals surface area (Å²) >= 11 is 0. The van der Waals surface area contributed by atoms with Crippen LogP contribution in [-0.4, -0.2) is 16.7 Å². The number of methoxy groups -OCH3 is 1. The quantitative estimate of drug-likeness (QED) is 0.794. The maximum Gasteiger partial charge on any atom is 0.301 e. The summed E-state index contributed by atoms with van der Waals surface area (Å²) in [6, 6.07) is 7.99. The normalized spacial score (nSPS) is 10.2. The lowest BCUT2D eigenvalue weighted by molar-refractivity contribution is 0.407. The van der Waals surface area contributed by atoms with Gasteiger partial charge in [0.15, 0.2) is 0 Å². The van der Waals surface area contributed by atoms with Crippen molar-refractivity contribution in [1.29, 1.82) is 0 Å². The number of benzene rings is 1. The molecule has 1 aromatic carbocycles. The Kier molecular flexibility index (Phi) is 2.81. The number of hydrogen-bond acceptors (Lipinski definition) is 3. The molecule has 0 spiro atoms. The minimum absolute atomic E-state index is 0.586. The molecule has 0 saturated carbocycles. The van der Waals surface area contributed by atoms with E-state index in [9.17, 15) is 0 Å². The molecule has 0 bridgehead atoms. The summed E-state index contributed by atoms with van der Waals surface area (Å²) < 4.78 is 12.5. The van der Waals surface area contributed by atoms with Crippen LogP contribution >= 0.6 is 0 Å². The summed E-state index contributed by atoms with van der Waals surface area (Å²) in [5.74, 6) is 1.55. The van der Waals surface area contributed by atoms with Crippen LogP contribution in [-0.2, 0) is 7.05 Å². The molecule has 84 valence electrons. The Morgan fingerprint density at radius 2 is 1.75 bits per heavy atom. The Morgan fingerprint density at radius 1 is 1.12 bits per heavy atom. The second-order valence-electron chi connectivity index (χ2n) is 3.55. The van der Waals surface area contributed by atoms with Gasteiger partial charge in [-0.15, -0.1) is 0 Å². The predicted molar refractivity (Wildman–Crippen MR) is 61.0 cm³/mol. The topological polar surface area (TPSA) is 36.3 Å². The molecule has 0 aliphatic rings. The van der Waals surface area contributed by atoms with Crippen molar-refractivity contribution in [3.05, 3.63) is 36.2 Å². The minimum Gasteiger partial charge on any atom is -0.497 e. The standard InChI is InChI=1S/C12H14N2O2/c1-9-8-14(2)12(13-9)16-11-6-4-10(15-3)5-7-11/h4-8H,1-3H3. The second-order valence-corrected chi connectivity index (χ2v) is 3.55. The van der Waals surface area contributed by atoms with E-state index >= 15 is 0 Å². The van der Waals surface area contributed by atoms with E-state index in [1.54, 1.807) is 7.11 Å². The molecule has 0 N–H and O–H groups in total. The van der Waals surface area contributed by atoms with Crippen molar-refractivity contribution in [1.82, 2.24) is 9.55 Å². The highest BCUT2D eigenvalue weighted by atomic mass is 16.5. The molecule has 4 nitrogen and oxygen atoms in total. The van der Waals surface area contributed by atoms with E-state index in [4.69, 9.17) is 9.47 Å². The molecular weight excluding hydrogens is 204 g/mol. The lowest BCUT2D eigenvalue weighted by Gasteiger charge is -2.05. The Morgan fingerprint density at radius 3 is 2.25 bits per heavy atom. The van der Waals surface area contributed by atoms with Gasteiger partial charge in [0.25, 0.3) is 0 Å². The van der Waals surface area contributed by atoms with Gasteiger partial charge in [-0.2, -0.15) is 0 Å². The van der Waals surface area contributed by atoms with E-state index in [0.717, 1.165) is 17.2 Å². The Bertz CT molecular complexity index is 474. The van der Waals surface area contributed by atoms with Crippen molar-refractivity contribution in [2.24, 2.45) is 7.05 Å². The molecule has 0 saturated heterocycles. The first-order valence-electron chi connectivity index (χ1n) is 5.01. The van der Waals surface area contributed by atoms with Crippen LogP contribution in [0.2, 0.25) is 0 Å². The van der Waals surface area contributed by atoms with Gasteiger partial charge >= 0.3 is 6.01 Å². The summed E-state index contributed by atoms with van der Waals surface area (Å²) in [5.41, 5.74) is 0.936. The zero-order valence-corrected chi connectivity index (χ0v) is 9.60. The molecule has 0 atom stereocenters. The van der Waals surface area contributed by atoms with Gasteiger partial charge in [0.2, 0.25) is 0 Å². The monoisotopic (exact) mass is 218 g/mol. The molecule has 1 aromatic heterocycles. The highest BCUT2D eigenvalue weighted by Gasteiger charge is 2.04. The molecule has 0 unspecified atom stereocenters. The zero-order valence-electron chi connectivity index (χ0n) is 9.60. The van der Waals surface area contributed by atoms with E-state index in [2.05, 4.69) is 4.98 Å². The van der Waals surface area contributed by atoms with Gasteiger partial charge in [-0.05, 0) is 31.2 Å². The van der Waals surface area contributed by atoms with Crippen LogP contribution in [0, 0.1) is 6.92 Å². The van der Waals surface area contributed by atoms with E-state index in [1.807, 2.05) is 49.0 Å². The average molecular weight is 218 g/mol. The van der Waals surface area contributed by atoms with Crippen molar-refractivity contribution in [3.63, 3.8) is 0 Å². The number of imidazole rings is 1. The van der Waals surface area contributed by atoms with Crippen LogP contribution in [0.15, 0.2) is 30.5 Å². The number of aromatic nitrogens is 2. The number of ether oxygens (including phenoxy) is 2. The molecule has 0 aliphatic carbocycles. The molecule has 2 rings (SSSR count). The molecule has 16 heavy (non-hydrogen) atoms. The van der Waals surface area contributed by atoms with Crippen LogP contribution in [0.1, 0.15) is 5.69 Å². The molecule has 1 heterocycles. The SMILES string of the molecule is COc1ccc(Oc2nc(C)cn2C)cc1. The lowest BCUT2D eigenvalue weighted by atomic mass is 10.3. The maximum atomic E-state index is 5.63. The maximum absolute atomic E-state index is 5.63. The minimum atomic E-state index is 0.586. The fraction of sp³-hybridized carbons (Fsp3) is 0.250. The summed E-state index contributed by atoms with van der Waals surface area (Å²) in [5, 5.41) is 0. The summed E-state index contributed by atoms with van der Waals surface area (Å²) in [6.45, 7) is 1.93. The van der Waals surface area contributed by atoms with Crippen LogP contribution in [0.5, 0.6) is 17.5 Å². The lowest BCUT2D eigenvalue weighted by Crippen LogP contribution is -1.93. The molecule has 4 heteroatoms. The molecule has 0 fully saturated rings. The van der Waals surface area contributed by atoms with Crippen LogP contribution in [0.25, 0.3) is 0 Å². The summed E-state index contributed by atoms with van der Waals surface area (Å²) in [7, 11) is 3.54. The van der Waals surface area contributed by atoms with Gasteiger partial charge in [0, 0.05) is 13.2 Å². The Balaban J connectivity index is 2.17. The molecule has 0 aliphatic heterocycles. The zero-order chi connectivity index (χ0) is 11.5. The molecule has 0 amide bonds. The highest BCUT2D eigenvalue weighted by molar-refractivity contribution is 5.32. The Hall–Kier alpha value is -1.97. The second kappa shape index (κ2) is 4.26. The van der Waals surface area contributed by atoms with E-state index in [0.29, 0.717) is 6.01 Å². The van der Waals surface area contributed by atoms with Crippen molar-refractivity contribution in [2.75, 3.05) is 7.11 Å². The van der Waals surface area contributed by atoms with E-state index < -0.39 is 0 Å². The average Bonchev–Trinajstić information content (AvgIpc) is 2.59. The number of aryl methyl sites for hydroxylation is 2. The first-order valence-corrected chi connectivity index (χ1v) is 5.01. The molecule has 2 aromatic rings. The van der Waals surface area contributed by atoms with Crippen LogP contribution < -0.4 is 9.47 Å². The highest BCUT2D eigenvalue weighted by Crippen LogP contribution is 2.22. The first kappa shape index (κ1) is 10.5. The fourth-order valence-electron chi connectivity index (χ4n) is 1.44. The van der Waals surface area contributed by atoms with E-state index in [1.165, 1.54) is 0 Å². The fourth-order valence-corrected chi connectivity index (χ4v) is 1.44. The van der Waals surface area contributed by atoms with Gasteiger partial charge < -0.3 is 14.0 Å². The van der Waals surface area contributed by atoms with Gasteiger partial charge in [-0.25, -0.2) is 4.98 Å². The first-order chi connectivity index (χ1) is 7.69. The van der Waals surface area contributed by atoms with Crippen molar-refractivity contribution >= 4 is 0 Å². The van der Waals surface area contributed by atoms with Gasteiger partial charge in [0.1, 0.15) is 11.5 Å². The number of hydrogen-bond donors (Lipinski definition) is 0.